The number of carbonyl (C=O) groups excluding carboxylic acids is 1. The summed E-state index contributed by atoms with van der Waals surface area (Å²) in [6.45, 7) is 6.37. The van der Waals surface area contributed by atoms with Crippen molar-refractivity contribution in [1.82, 2.24) is 9.21 Å². The molecule has 124 valence electrons. The fourth-order valence-corrected chi connectivity index (χ4v) is 3.74. The van der Waals surface area contributed by atoms with Crippen molar-refractivity contribution in [3.63, 3.8) is 0 Å². The number of benzene rings is 1. The molecule has 6 nitrogen and oxygen atoms in total. The molecule has 0 aliphatic rings. The summed E-state index contributed by atoms with van der Waals surface area (Å²) in [5.74, 6) is -0.0753. The molecule has 0 saturated heterocycles. The highest BCUT2D eigenvalue weighted by Gasteiger charge is 2.23. The summed E-state index contributed by atoms with van der Waals surface area (Å²) in [6.07, 6.45) is 0. The zero-order chi connectivity index (χ0) is 16.9. The van der Waals surface area contributed by atoms with E-state index in [4.69, 9.17) is 0 Å². The molecule has 1 N–H and O–H groups in total. The van der Waals surface area contributed by atoms with Crippen molar-refractivity contribution in [2.45, 2.75) is 25.7 Å². The highest BCUT2D eigenvalue weighted by Crippen LogP contribution is 2.23. The largest absolute Gasteiger partial charge is 0.376 e. The van der Waals surface area contributed by atoms with E-state index in [0.717, 1.165) is 0 Å². The molecule has 1 rings (SSSR count). The Hall–Kier alpha value is -1.60. The molecule has 1 amide bonds. The standard InChI is InChI=1S/C15H25N3O3S/c1-6-18(7-2)22(20,21)14-10-13(9-8-12(14)3)16-11-15(19)17(4)5/h8-10,16H,6-7,11H2,1-5H3. The predicted molar refractivity (Wildman–Crippen MR) is 88.5 cm³/mol. The Kier molecular flexibility index (Phi) is 6.37. The fourth-order valence-electron chi connectivity index (χ4n) is 2.03. The number of rotatable bonds is 7. The number of aryl methyl sites for hydroxylation is 1. The van der Waals surface area contributed by atoms with Crippen LogP contribution in [0.2, 0.25) is 0 Å². The van der Waals surface area contributed by atoms with Gasteiger partial charge in [-0.15, -0.1) is 0 Å². The van der Waals surface area contributed by atoms with E-state index in [2.05, 4.69) is 5.32 Å². The first-order valence-corrected chi connectivity index (χ1v) is 8.72. The Morgan fingerprint density at radius 2 is 1.77 bits per heavy atom. The molecule has 1 aromatic carbocycles. The first-order valence-electron chi connectivity index (χ1n) is 7.28. The minimum Gasteiger partial charge on any atom is -0.376 e. The van der Waals surface area contributed by atoms with Gasteiger partial charge in [0.2, 0.25) is 15.9 Å². The van der Waals surface area contributed by atoms with Crippen LogP contribution in [0.15, 0.2) is 23.1 Å². The third-order valence-corrected chi connectivity index (χ3v) is 5.65. The highest BCUT2D eigenvalue weighted by atomic mass is 32.2. The average molecular weight is 327 g/mol. The van der Waals surface area contributed by atoms with Gasteiger partial charge in [0.15, 0.2) is 0 Å². The Morgan fingerprint density at radius 3 is 2.27 bits per heavy atom. The molecule has 0 unspecified atom stereocenters. The number of carbonyl (C=O) groups is 1. The van der Waals surface area contributed by atoms with E-state index in [1.54, 1.807) is 39.2 Å². The molecular formula is C15H25N3O3S. The molecule has 0 aliphatic heterocycles. The molecule has 0 saturated carbocycles. The molecule has 0 bridgehead atoms. The second kappa shape index (κ2) is 7.60. The summed E-state index contributed by atoms with van der Waals surface area (Å²) in [5.41, 5.74) is 1.31. The minimum absolute atomic E-state index is 0.0753. The molecule has 0 fully saturated rings. The number of anilines is 1. The lowest BCUT2D eigenvalue weighted by Crippen LogP contribution is -2.31. The lowest BCUT2D eigenvalue weighted by atomic mass is 10.2. The first kappa shape index (κ1) is 18.4. The first-order chi connectivity index (χ1) is 10.2. The predicted octanol–water partition coefficient (Wildman–Crippen LogP) is 1.53. The van der Waals surface area contributed by atoms with Crippen LogP contribution in [-0.2, 0) is 14.8 Å². The van der Waals surface area contributed by atoms with Crippen LogP contribution < -0.4 is 5.32 Å². The van der Waals surface area contributed by atoms with E-state index < -0.39 is 10.0 Å². The second-order valence-corrected chi connectivity index (χ2v) is 7.12. The molecule has 0 heterocycles. The topological polar surface area (TPSA) is 69.7 Å². The monoisotopic (exact) mass is 327 g/mol. The summed E-state index contributed by atoms with van der Waals surface area (Å²) in [5, 5.41) is 2.97. The maximum atomic E-state index is 12.6. The highest BCUT2D eigenvalue weighted by molar-refractivity contribution is 7.89. The van der Waals surface area contributed by atoms with E-state index in [1.165, 1.54) is 9.21 Å². The zero-order valence-corrected chi connectivity index (χ0v) is 14.7. The Labute approximate surface area is 133 Å². The van der Waals surface area contributed by atoms with Gasteiger partial charge in [-0.05, 0) is 24.6 Å². The van der Waals surface area contributed by atoms with Crippen LogP contribution in [-0.4, -0.2) is 57.3 Å². The van der Waals surface area contributed by atoms with Crippen LogP contribution >= 0.6 is 0 Å². The number of hydrogen-bond donors (Lipinski definition) is 1. The van der Waals surface area contributed by atoms with E-state index in [-0.39, 0.29) is 17.3 Å². The quantitative estimate of drug-likeness (QED) is 0.824. The summed E-state index contributed by atoms with van der Waals surface area (Å²) >= 11 is 0. The molecule has 22 heavy (non-hydrogen) atoms. The average Bonchev–Trinajstić information content (AvgIpc) is 2.46. The number of hydrogen-bond acceptors (Lipinski definition) is 4. The van der Waals surface area contributed by atoms with Gasteiger partial charge in [0, 0.05) is 32.9 Å². The van der Waals surface area contributed by atoms with Gasteiger partial charge in [0.1, 0.15) is 0 Å². The molecule has 0 aromatic heterocycles. The van der Waals surface area contributed by atoms with Crippen molar-refractivity contribution in [2.75, 3.05) is 39.0 Å². The number of amides is 1. The Morgan fingerprint density at radius 1 is 1.18 bits per heavy atom. The van der Waals surface area contributed by atoms with Crippen molar-refractivity contribution in [3.8, 4) is 0 Å². The maximum Gasteiger partial charge on any atom is 0.243 e. The van der Waals surface area contributed by atoms with Crippen LogP contribution in [0.3, 0.4) is 0 Å². The third kappa shape index (κ3) is 4.20. The SMILES string of the molecule is CCN(CC)S(=O)(=O)c1cc(NCC(=O)N(C)C)ccc1C. The summed E-state index contributed by atoms with van der Waals surface area (Å²) in [6, 6.07) is 5.12. The lowest BCUT2D eigenvalue weighted by molar-refractivity contribution is -0.126. The smallest absolute Gasteiger partial charge is 0.243 e. The van der Waals surface area contributed by atoms with Gasteiger partial charge >= 0.3 is 0 Å². The zero-order valence-electron chi connectivity index (χ0n) is 13.9. The van der Waals surface area contributed by atoms with Crippen LogP contribution in [0.4, 0.5) is 5.69 Å². The van der Waals surface area contributed by atoms with Crippen LogP contribution in [0, 0.1) is 6.92 Å². The summed E-state index contributed by atoms with van der Waals surface area (Å²) < 4.78 is 26.7. The van der Waals surface area contributed by atoms with Crippen LogP contribution in [0.25, 0.3) is 0 Å². The van der Waals surface area contributed by atoms with Crippen molar-refractivity contribution < 1.29 is 13.2 Å². The lowest BCUT2D eigenvalue weighted by Gasteiger charge is -2.20. The van der Waals surface area contributed by atoms with Gasteiger partial charge < -0.3 is 10.2 Å². The molecule has 0 aliphatic carbocycles. The van der Waals surface area contributed by atoms with Crippen molar-refractivity contribution in [3.05, 3.63) is 23.8 Å². The van der Waals surface area contributed by atoms with Gasteiger partial charge in [-0.2, -0.15) is 4.31 Å². The van der Waals surface area contributed by atoms with Gasteiger partial charge in [-0.25, -0.2) is 8.42 Å². The van der Waals surface area contributed by atoms with E-state index in [1.807, 2.05) is 13.8 Å². The van der Waals surface area contributed by atoms with Crippen molar-refractivity contribution in [2.24, 2.45) is 0 Å². The van der Waals surface area contributed by atoms with Crippen LogP contribution in [0.1, 0.15) is 19.4 Å². The third-order valence-electron chi connectivity index (χ3n) is 3.45. The van der Waals surface area contributed by atoms with Gasteiger partial charge in [-0.3, -0.25) is 4.79 Å². The molecule has 0 spiro atoms. The van der Waals surface area contributed by atoms with E-state index >= 15 is 0 Å². The van der Waals surface area contributed by atoms with Gasteiger partial charge in [0.05, 0.1) is 11.4 Å². The Balaban J connectivity index is 3.07. The number of nitrogens with zero attached hydrogens (tertiary/aromatic N) is 2. The van der Waals surface area contributed by atoms with E-state index in [0.29, 0.717) is 24.3 Å². The molecular weight excluding hydrogens is 302 g/mol. The van der Waals surface area contributed by atoms with Crippen molar-refractivity contribution >= 4 is 21.6 Å². The maximum absolute atomic E-state index is 12.6. The number of sulfonamides is 1. The normalized spacial score (nSPS) is 11.5. The summed E-state index contributed by atoms with van der Waals surface area (Å²) in [7, 11) is -0.159. The van der Waals surface area contributed by atoms with Crippen LogP contribution in [0.5, 0.6) is 0 Å². The molecule has 0 atom stereocenters. The summed E-state index contributed by atoms with van der Waals surface area (Å²) in [4.78, 5) is 13.4. The fraction of sp³-hybridized carbons (Fsp3) is 0.533. The second-order valence-electron chi connectivity index (χ2n) is 5.21. The number of nitrogens with one attached hydrogen (secondary N) is 1. The Bertz CT molecular complexity index is 623. The van der Waals surface area contributed by atoms with E-state index in [9.17, 15) is 13.2 Å². The molecule has 7 heteroatoms. The van der Waals surface area contributed by atoms with Crippen molar-refractivity contribution in [1.29, 1.82) is 0 Å². The van der Waals surface area contributed by atoms with Gasteiger partial charge in [-0.1, -0.05) is 19.9 Å². The van der Waals surface area contributed by atoms with Gasteiger partial charge in [0.25, 0.3) is 0 Å². The number of likely N-dealkylation sites (N-methyl/N-ethyl adjacent to an activating group) is 1. The molecule has 1 aromatic rings. The minimum atomic E-state index is -3.51. The molecule has 0 radical (unpaired) electrons.